The molecule has 0 saturated carbocycles. The number of rotatable bonds is 8. The first kappa shape index (κ1) is 22.7. The maximum absolute atomic E-state index is 12.7. The van der Waals surface area contributed by atoms with E-state index in [1.165, 1.54) is 28.8 Å². The molecule has 3 rings (SSSR count). The third-order valence-corrected chi connectivity index (χ3v) is 8.47. The lowest BCUT2D eigenvalue weighted by Gasteiger charge is -2.31. The molecule has 0 amide bonds. The molecule has 2 heterocycles. The van der Waals surface area contributed by atoms with Crippen LogP contribution in [0, 0.1) is 12.8 Å². The first-order valence-corrected chi connectivity index (χ1v) is 12.8. The summed E-state index contributed by atoms with van der Waals surface area (Å²) in [6.45, 7) is 5.18. The molecular formula is C20H27N3O5S2. The molecule has 8 nitrogen and oxygen atoms in total. The Bertz CT molecular complexity index is 1060. The molecule has 1 aliphatic rings. The van der Waals surface area contributed by atoms with Crippen LogP contribution in [0.4, 0.5) is 0 Å². The summed E-state index contributed by atoms with van der Waals surface area (Å²) >= 11 is 0. The van der Waals surface area contributed by atoms with Crippen molar-refractivity contribution in [1.29, 1.82) is 0 Å². The maximum Gasteiger partial charge on any atom is 0.244 e. The van der Waals surface area contributed by atoms with Crippen molar-refractivity contribution in [2.75, 3.05) is 26.2 Å². The number of benzene rings is 1. The summed E-state index contributed by atoms with van der Waals surface area (Å²) in [5, 5.41) is 0. The van der Waals surface area contributed by atoms with Crippen LogP contribution in [0.3, 0.4) is 0 Å². The molecule has 2 aromatic rings. The molecule has 0 radical (unpaired) electrons. The Morgan fingerprint density at radius 3 is 2.47 bits per heavy atom. The second kappa shape index (κ2) is 9.42. The van der Waals surface area contributed by atoms with Crippen LogP contribution in [0.25, 0.3) is 0 Å². The molecule has 0 spiro atoms. The number of nitrogens with one attached hydrogen (secondary N) is 1. The van der Waals surface area contributed by atoms with Crippen molar-refractivity contribution in [1.82, 2.24) is 14.0 Å². The fourth-order valence-corrected chi connectivity index (χ4v) is 6.06. The van der Waals surface area contributed by atoms with Gasteiger partial charge in [0.2, 0.25) is 20.0 Å². The Morgan fingerprint density at radius 2 is 1.87 bits per heavy atom. The van der Waals surface area contributed by atoms with Crippen molar-refractivity contribution in [3.8, 4) is 5.75 Å². The summed E-state index contributed by atoms with van der Waals surface area (Å²) in [4.78, 5) is 4.25. The average Bonchev–Trinajstić information content (AvgIpc) is 2.75. The van der Waals surface area contributed by atoms with Gasteiger partial charge in [-0.1, -0.05) is 0 Å². The van der Waals surface area contributed by atoms with E-state index in [0.29, 0.717) is 38.3 Å². The number of nitrogens with zero attached hydrogens (tertiary/aromatic N) is 2. The van der Waals surface area contributed by atoms with Gasteiger partial charge in [-0.05, 0) is 68.5 Å². The first-order chi connectivity index (χ1) is 14.2. The second-order valence-electron chi connectivity index (χ2n) is 7.25. The van der Waals surface area contributed by atoms with E-state index in [9.17, 15) is 16.8 Å². The van der Waals surface area contributed by atoms with Crippen molar-refractivity contribution in [3.63, 3.8) is 0 Å². The van der Waals surface area contributed by atoms with Crippen molar-refractivity contribution in [2.24, 2.45) is 5.92 Å². The van der Waals surface area contributed by atoms with E-state index < -0.39 is 20.0 Å². The molecule has 30 heavy (non-hydrogen) atoms. The van der Waals surface area contributed by atoms with Crippen LogP contribution < -0.4 is 9.46 Å². The normalized spacial score (nSPS) is 16.5. The standard InChI is InChI=1S/C20H27N3O5S2/c1-3-28-20-7-6-18(13-16(20)2)29(24,25)22-14-17-8-11-23(12-9-17)30(26,27)19-5-4-10-21-15-19/h4-7,10,13,15,17,22H,3,8-9,11-12,14H2,1-2H3. The molecule has 0 unspecified atom stereocenters. The zero-order valence-corrected chi connectivity index (χ0v) is 18.7. The number of aromatic nitrogens is 1. The summed E-state index contributed by atoms with van der Waals surface area (Å²) in [6, 6.07) is 7.91. The van der Waals surface area contributed by atoms with Gasteiger partial charge < -0.3 is 4.74 Å². The summed E-state index contributed by atoms with van der Waals surface area (Å²) < 4.78 is 60.2. The lowest BCUT2D eigenvalue weighted by molar-refractivity contribution is 0.274. The number of aryl methyl sites for hydroxylation is 1. The minimum Gasteiger partial charge on any atom is -0.494 e. The summed E-state index contributed by atoms with van der Waals surface area (Å²) in [7, 11) is -7.21. The predicted molar refractivity (Wildman–Crippen MR) is 113 cm³/mol. The minimum atomic E-state index is -3.64. The number of hydrogen-bond donors (Lipinski definition) is 1. The van der Waals surface area contributed by atoms with Crippen molar-refractivity contribution >= 4 is 20.0 Å². The van der Waals surface area contributed by atoms with Gasteiger partial charge in [0.25, 0.3) is 0 Å². The largest absolute Gasteiger partial charge is 0.494 e. The number of hydrogen-bond acceptors (Lipinski definition) is 6. The highest BCUT2D eigenvalue weighted by molar-refractivity contribution is 7.89. The Labute approximate surface area is 178 Å². The molecule has 1 fully saturated rings. The third kappa shape index (κ3) is 5.18. The molecule has 0 aliphatic carbocycles. The lowest BCUT2D eigenvalue weighted by Crippen LogP contribution is -2.41. The fraction of sp³-hybridized carbons (Fsp3) is 0.450. The van der Waals surface area contributed by atoms with Gasteiger partial charge >= 0.3 is 0 Å². The molecule has 1 aliphatic heterocycles. The van der Waals surface area contributed by atoms with Gasteiger partial charge in [0.1, 0.15) is 10.6 Å². The predicted octanol–water partition coefficient (Wildman–Crippen LogP) is 2.17. The number of piperidine rings is 1. The van der Waals surface area contributed by atoms with Gasteiger partial charge in [0, 0.05) is 32.0 Å². The smallest absolute Gasteiger partial charge is 0.244 e. The Balaban J connectivity index is 1.57. The van der Waals surface area contributed by atoms with Crippen LogP contribution >= 0.6 is 0 Å². The van der Waals surface area contributed by atoms with E-state index >= 15 is 0 Å². The summed E-state index contributed by atoms with van der Waals surface area (Å²) in [5.74, 6) is 0.738. The molecule has 1 N–H and O–H groups in total. The SMILES string of the molecule is CCOc1ccc(S(=O)(=O)NCC2CCN(S(=O)(=O)c3cccnc3)CC2)cc1C. The Morgan fingerprint density at radius 1 is 1.13 bits per heavy atom. The molecule has 164 valence electrons. The van der Waals surface area contributed by atoms with Gasteiger partial charge in [0.05, 0.1) is 11.5 Å². The van der Waals surface area contributed by atoms with Crippen molar-refractivity contribution < 1.29 is 21.6 Å². The van der Waals surface area contributed by atoms with Crippen molar-refractivity contribution in [3.05, 3.63) is 48.3 Å². The first-order valence-electron chi connectivity index (χ1n) is 9.87. The highest BCUT2D eigenvalue weighted by Gasteiger charge is 2.30. The van der Waals surface area contributed by atoms with E-state index in [1.54, 1.807) is 18.2 Å². The number of sulfonamides is 2. The molecule has 0 atom stereocenters. The minimum absolute atomic E-state index is 0.0731. The number of ether oxygens (including phenoxy) is 1. The van der Waals surface area contributed by atoms with Gasteiger partial charge in [0.15, 0.2) is 0 Å². The highest BCUT2D eigenvalue weighted by Crippen LogP contribution is 2.25. The molecule has 10 heteroatoms. The fourth-order valence-electron chi connectivity index (χ4n) is 3.42. The van der Waals surface area contributed by atoms with Crippen LogP contribution in [0.2, 0.25) is 0 Å². The molecule has 1 aromatic heterocycles. The van der Waals surface area contributed by atoms with E-state index in [1.807, 2.05) is 13.8 Å². The van der Waals surface area contributed by atoms with E-state index in [2.05, 4.69) is 9.71 Å². The van der Waals surface area contributed by atoms with Crippen LogP contribution in [0.15, 0.2) is 52.5 Å². The average molecular weight is 454 g/mol. The Hall–Kier alpha value is -2.01. The Kier molecular flexibility index (Phi) is 7.12. The molecule has 0 bridgehead atoms. The molecule has 1 aromatic carbocycles. The zero-order chi connectivity index (χ0) is 21.8. The van der Waals surface area contributed by atoms with Crippen LogP contribution in [-0.2, 0) is 20.0 Å². The second-order valence-corrected chi connectivity index (χ2v) is 11.0. The van der Waals surface area contributed by atoms with Crippen LogP contribution in [-0.4, -0.2) is 52.4 Å². The topological polar surface area (TPSA) is 106 Å². The summed E-state index contributed by atoms with van der Waals surface area (Å²) in [6.07, 6.45) is 4.05. The van der Waals surface area contributed by atoms with Gasteiger partial charge in [-0.3, -0.25) is 4.98 Å². The van der Waals surface area contributed by atoms with E-state index in [4.69, 9.17) is 4.74 Å². The van der Waals surface area contributed by atoms with Crippen LogP contribution in [0.5, 0.6) is 5.75 Å². The van der Waals surface area contributed by atoms with Crippen molar-refractivity contribution in [2.45, 2.75) is 36.5 Å². The highest BCUT2D eigenvalue weighted by atomic mass is 32.2. The lowest BCUT2D eigenvalue weighted by atomic mass is 9.99. The monoisotopic (exact) mass is 453 g/mol. The van der Waals surface area contributed by atoms with Gasteiger partial charge in [-0.25, -0.2) is 21.6 Å². The number of pyridine rings is 1. The van der Waals surface area contributed by atoms with Crippen LogP contribution in [0.1, 0.15) is 25.3 Å². The third-order valence-electron chi connectivity index (χ3n) is 5.16. The zero-order valence-electron chi connectivity index (χ0n) is 17.1. The van der Waals surface area contributed by atoms with Gasteiger partial charge in [-0.15, -0.1) is 0 Å². The maximum atomic E-state index is 12.7. The molecule has 1 saturated heterocycles. The van der Waals surface area contributed by atoms with Gasteiger partial charge in [-0.2, -0.15) is 4.31 Å². The quantitative estimate of drug-likeness (QED) is 0.657. The van der Waals surface area contributed by atoms with E-state index in [0.717, 1.165) is 5.56 Å². The van der Waals surface area contributed by atoms with E-state index in [-0.39, 0.29) is 22.3 Å². The summed E-state index contributed by atoms with van der Waals surface area (Å²) in [5.41, 5.74) is 0.758. The molecular weight excluding hydrogens is 426 g/mol.